The molecule has 0 aliphatic heterocycles. The van der Waals surface area contributed by atoms with E-state index in [0.717, 1.165) is 11.3 Å². The highest BCUT2D eigenvalue weighted by Crippen LogP contribution is 2.21. The van der Waals surface area contributed by atoms with Gasteiger partial charge in [0.1, 0.15) is 11.6 Å². The van der Waals surface area contributed by atoms with Crippen molar-refractivity contribution in [3.63, 3.8) is 0 Å². The summed E-state index contributed by atoms with van der Waals surface area (Å²) >= 11 is 0. The number of halogens is 3. The Morgan fingerprint density at radius 1 is 1.20 bits per heavy atom. The summed E-state index contributed by atoms with van der Waals surface area (Å²) in [5, 5.41) is 7.22. The predicted molar refractivity (Wildman–Crippen MR) is 108 cm³/mol. The number of aryl methyl sites for hydroxylation is 1. The maximum Gasteiger partial charge on any atom is 0.387 e. The summed E-state index contributed by atoms with van der Waals surface area (Å²) in [5.41, 5.74) is 3.38. The molecule has 0 bridgehead atoms. The number of nitrogens with zero attached hydrogens (tertiary/aromatic N) is 2. The van der Waals surface area contributed by atoms with E-state index in [1.165, 1.54) is 30.3 Å². The lowest BCUT2D eigenvalue weighted by atomic mass is 10.2. The molecule has 1 amide bonds. The molecule has 0 unspecified atom stereocenters. The number of anilines is 1. The number of hydrogen-bond donors (Lipinski definition) is 1. The zero-order chi connectivity index (χ0) is 21.7. The van der Waals surface area contributed by atoms with Crippen LogP contribution in [0.4, 0.5) is 18.9 Å². The van der Waals surface area contributed by atoms with Crippen molar-refractivity contribution in [3.05, 3.63) is 82.9 Å². The number of nitrogens with one attached hydrogen (secondary N) is 1. The van der Waals surface area contributed by atoms with Gasteiger partial charge in [-0.05, 0) is 55.3 Å². The SMILES string of the molecule is Cc1nn(Cc2cccc(F)c2)c(C)c1NC(=O)/C=C\c1ccc(OC(F)F)cc1. The molecule has 3 rings (SSSR count). The Labute approximate surface area is 171 Å². The molecular formula is C22H20F3N3O2. The molecule has 0 atom stereocenters. The van der Waals surface area contributed by atoms with Crippen LogP contribution in [-0.4, -0.2) is 22.3 Å². The molecule has 1 N–H and O–H groups in total. The van der Waals surface area contributed by atoms with E-state index in [4.69, 9.17) is 0 Å². The fourth-order valence-electron chi connectivity index (χ4n) is 2.94. The van der Waals surface area contributed by atoms with Crippen LogP contribution in [-0.2, 0) is 11.3 Å². The zero-order valence-electron chi connectivity index (χ0n) is 16.4. The first kappa shape index (κ1) is 21.2. The molecule has 1 heterocycles. The Morgan fingerprint density at radius 3 is 2.60 bits per heavy atom. The topological polar surface area (TPSA) is 56.2 Å². The van der Waals surface area contributed by atoms with Crippen molar-refractivity contribution < 1.29 is 22.7 Å². The number of rotatable bonds is 7. The Kier molecular flexibility index (Phi) is 6.56. The predicted octanol–water partition coefficient (Wildman–Crippen LogP) is 4.94. The smallest absolute Gasteiger partial charge is 0.387 e. The minimum Gasteiger partial charge on any atom is -0.435 e. The van der Waals surface area contributed by atoms with Crippen LogP contribution in [0.15, 0.2) is 54.6 Å². The standard InChI is InChI=1S/C22H20F3N3O2/c1-14-21(15(2)28(27-14)13-17-4-3-5-18(23)12-17)26-20(29)11-8-16-6-9-19(10-7-16)30-22(24)25/h3-12,22H,13H2,1-2H3,(H,26,29)/b11-8-. The van der Waals surface area contributed by atoms with Crippen molar-refractivity contribution in [1.29, 1.82) is 0 Å². The van der Waals surface area contributed by atoms with Gasteiger partial charge in [-0.3, -0.25) is 9.48 Å². The number of hydrogen-bond acceptors (Lipinski definition) is 3. The van der Waals surface area contributed by atoms with Crippen molar-refractivity contribution in [1.82, 2.24) is 9.78 Å². The average Bonchev–Trinajstić information content (AvgIpc) is 2.94. The van der Waals surface area contributed by atoms with E-state index in [0.29, 0.717) is 23.5 Å². The molecular weight excluding hydrogens is 395 g/mol. The summed E-state index contributed by atoms with van der Waals surface area (Å²) in [6.07, 6.45) is 2.90. The van der Waals surface area contributed by atoms with Gasteiger partial charge in [0, 0.05) is 6.08 Å². The summed E-state index contributed by atoms with van der Waals surface area (Å²) in [4.78, 5) is 12.3. The van der Waals surface area contributed by atoms with E-state index in [2.05, 4.69) is 15.2 Å². The number of carbonyl (C=O) groups excluding carboxylic acids is 1. The Hall–Kier alpha value is -3.55. The molecule has 2 aromatic carbocycles. The maximum atomic E-state index is 13.4. The summed E-state index contributed by atoms with van der Waals surface area (Å²) < 4.78 is 43.7. The molecule has 5 nitrogen and oxygen atoms in total. The van der Waals surface area contributed by atoms with Gasteiger partial charge >= 0.3 is 6.61 Å². The second kappa shape index (κ2) is 9.30. The first-order valence-corrected chi connectivity index (χ1v) is 9.14. The van der Waals surface area contributed by atoms with Gasteiger partial charge in [0.15, 0.2) is 0 Å². The zero-order valence-corrected chi connectivity index (χ0v) is 16.4. The normalized spacial score (nSPS) is 11.3. The monoisotopic (exact) mass is 415 g/mol. The van der Waals surface area contributed by atoms with E-state index in [-0.39, 0.29) is 17.5 Å². The largest absolute Gasteiger partial charge is 0.435 e. The maximum absolute atomic E-state index is 13.4. The first-order chi connectivity index (χ1) is 14.3. The van der Waals surface area contributed by atoms with Crippen LogP contribution in [0, 0.1) is 19.7 Å². The quantitative estimate of drug-likeness (QED) is 0.556. The molecule has 0 radical (unpaired) electrons. The number of amides is 1. The minimum atomic E-state index is -2.88. The van der Waals surface area contributed by atoms with Gasteiger partial charge in [0.05, 0.1) is 23.6 Å². The number of carbonyl (C=O) groups is 1. The highest BCUT2D eigenvalue weighted by Gasteiger charge is 2.13. The molecule has 156 valence electrons. The van der Waals surface area contributed by atoms with Crippen LogP contribution in [0.25, 0.3) is 6.08 Å². The third-order valence-electron chi connectivity index (χ3n) is 4.38. The van der Waals surface area contributed by atoms with Gasteiger partial charge in [0.2, 0.25) is 5.91 Å². The Bertz CT molecular complexity index is 1060. The molecule has 0 aliphatic rings. The Morgan fingerprint density at radius 2 is 1.93 bits per heavy atom. The second-order valence-electron chi connectivity index (χ2n) is 6.60. The van der Waals surface area contributed by atoms with Crippen LogP contribution in [0.1, 0.15) is 22.5 Å². The molecule has 0 fully saturated rings. The molecule has 3 aromatic rings. The highest BCUT2D eigenvalue weighted by molar-refractivity contribution is 6.02. The van der Waals surface area contributed by atoms with Crippen LogP contribution in [0.2, 0.25) is 0 Å². The lowest BCUT2D eigenvalue weighted by Crippen LogP contribution is -2.10. The van der Waals surface area contributed by atoms with Crippen LogP contribution in [0.5, 0.6) is 5.75 Å². The lowest BCUT2D eigenvalue weighted by molar-refractivity contribution is -0.111. The fourth-order valence-corrected chi connectivity index (χ4v) is 2.94. The molecule has 1 aromatic heterocycles. The van der Waals surface area contributed by atoms with Gasteiger partial charge in [-0.1, -0.05) is 24.3 Å². The van der Waals surface area contributed by atoms with E-state index in [1.54, 1.807) is 41.9 Å². The molecule has 30 heavy (non-hydrogen) atoms. The lowest BCUT2D eigenvalue weighted by Gasteiger charge is -2.06. The van der Waals surface area contributed by atoms with E-state index < -0.39 is 6.61 Å². The first-order valence-electron chi connectivity index (χ1n) is 9.14. The van der Waals surface area contributed by atoms with Crippen LogP contribution in [0.3, 0.4) is 0 Å². The second-order valence-corrected chi connectivity index (χ2v) is 6.60. The summed E-state index contributed by atoms with van der Waals surface area (Å²) in [6.45, 7) is 1.09. The Balaban J connectivity index is 1.66. The van der Waals surface area contributed by atoms with Gasteiger partial charge in [-0.25, -0.2) is 4.39 Å². The molecule has 0 saturated carbocycles. The number of ether oxygens (including phenoxy) is 1. The van der Waals surface area contributed by atoms with Crippen LogP contribution < -0.4 is 10.1 Å². The van der Waals surface area contributed by atoms with Crippen molar-refractivity contribution >= 4 is 17.7 Å². The van der Waals surface area contributed by atoms with E-state index in [1.807, 2.05) is 6.92 Å². The minimum absolute atomic E-state index is 0.0450. The highest BCUT2D eigenvalue weighted by atomic mass is 19.3. The number of aromatic nitrogens is 2. The van der Waals surface area contributed by atoms with Crippen molar-refractivity contribution in [2.24, 2.45) is 0 Å². The summed E-state index contributed by atoms with van der Waals surface area (Å²) in [7, 11) is 0. The molecule has 0 aliphatic carbocycles. The molecule has 0 saturated heterocycles. The van der Waals surface area contributed by atoms with Gasteiger partial charge in [-0.2, -0.15) is 13.9 Å². The fraction of sp³-hybridized carbons (Fsp3) is 0.182. The number of alkyl halides is 2. The van der Waals surface area contributed by atoms with Crippen LogP contribution >= 0.6 is 0 Å². The summed E-state index contributed by atoms with van der Waals surface area (Å²) in [5.74, 6) is -0.635. The van der Waals surface area contributed by atoms with Crippen molar-refractivity contribution in [3.8, 4) is 5.75 Å². The third-order valence-corrected chi connectivity index (χ3v) is 4.38. The van der Waals surface area contributed by atoms with Gasteiger partial charge in [-0.15, -0.1) is 0 Å². The third kappa shape index (κ3) is 5.50. The summed E-state index contributed by atoms with van der Waals surface area (Å²) in [6, 6.07) is 12.2. The van der Waals surface area contributed by atoms with Gasteiger partial charge < -0.3 is 10.1 Å². The molecule has 0 spiro atoms. The van der Waals surface area contributed by atoms with Crippen molar-refractivity contribution in [2.45, 2.75) is 27.0 Å². The van der Waals surface area contributed by atoms with E-state index in [9.17, 15) is 18.0 Å². The molecule has 8 heteroatoms. The van der Waals surface area contributed by atoms with Gasteiger partial charge in [0.25, 0.3) is 0 Å². The van der Waals surface area contributed by atoms with Crippen molar-refractivity contribution in [2.75, 3.05) is 5.32 Å². The average molecular weight is 415 g/mol. The number of benzene rings is 2. The van der Waals surface area contributed by atoms with E-state index >= 15 is 0 Å².